The van der Waals surface area contributed by atoms with Crippen molar-refractivity contribution in [3.05, 3.63) is 130 Å². The van der Waals surface area contributed by atoms with Crippen LogP contribution < -0.4 is 11.0 Å². The van der Waals surface area contributed by atoms with Crippen molar-refractivity contribution in [2.45, 2.75) is 31.0 Å². The normalized spacial score (nSPS) is 21.3. The van der Waals surface area contributed by atoms with Gasteiger partial charge in [-0.25, -0.2) is 18.8 Å². The average Bonchev–Trinajstić information content (AvgIpc) is 3.25. The molecule has 0 aliphatic carbocycles. The quantitative estimate of drug-likeness (QED) is 0.312. The van der Waals surface area contributed by atoms with Crippen LogP contribution in [0.3, 0.4) is 0 Å². The molecule has 214 valence electrons. The van der Waals surface area contributed by atoms with Crippen molar-refractivity contribution in [3.8, 4) is 0 Å². The summed E-state index contributed by atoms with van der Waals surface area (Å²) in [5.74, 6) is -2.05. The molecule has 0 spiro atoms. The molecule has 1 aliphatic rings. The van der Waals surface area contributed by atoms with Gasteiger partial charge in [0.1, 0.15) is 18.5 Å². The average molecular weight is 572 g/mol. The number of hydrogen-bond acceptors (Lipinski definition) is 8. The first-order valence-corrected chi connectivity index (χ1v) is 13.0. The molecule has 4 atom stereocenters. The Morgan fingerprint density at radius 3 is 2.00 bits per heavy atom. The first-order valence-electron chi connectivity index (χ1n) is 13.0. The molecule has 1 N–H and O–H groups in total. The second-order valence-electron chi connectivity index (χ2n) is 9.66. The summed E-state index contributed by atoms with van der Waals surface area (Å²) in [6.07, 6.45) is -3.23. The first kappa shape index (κ1) is 28.4. The van der Waals surface area contributed by atoms with E-state index in [1.807, 2.05) is 0 Å². The number of amides is 1. The molecule has 1 saturated heterocycles. The zero-order chi connectivity index (χ0) is 29.7. The number of halogens is 1. The molecule has 1 aliphatic heterocycles. The van der Waals surface area contributed by atoms with Gasteiger partial charge in [0, 0.05) is 11.8 Å². The van der Waals surface area contributed by atoms with Gasteiger partial charge in [-0.3, -0.25) is 9.36 Å². The van der Waals surface area contributed by atoms with Gasteiger partial charge in [0.2, 0.25) is 0 Å². The molecule has 11 heteroatoms. The van der Waals surface area contributed by atoms with Gasteiger partial charge in [0.05, 0.1) is 11.1 Å². The summed E-state index contributed by atoms with van der Waals surface area (Å²) in [5.41, 5.74) is -2.59. The van der Waals surface area contributed by atoms with Crippen LogP contribution in [0.1, 0.15) is 44.2 Å². The highest BCUT2D eigenvalue weighted by molar-refractivity contribution is 6.03. The number of carbonyl (C=O) groups is 3. The summed E-state index contributed by atoms with van der Waals surface area (Å²) >= 11 is 0. The van der Waals surface area contributed by atoms with E-state index in [2.05, 4.69) is 10.3 Å². The number of anilines is 1. The van der Waals surface area contributed by atoms with Gasteiger partial charge in [0.25, 0.3) is 5.91 Å². The molecule has 42 heavy (non-hydrogen) atoms. The zero-order valence-corrected chi connectivity index (χ0v) is 22.4. The number of hydrogen-bond donors (Lipinski definition) is 1. The maximum atomic E-state index is 16.5. The number of nitrogens with zero attached hydrogens (tertiary/aromatic N) is 2. The number of aromatic nitrogens is 2. The van der Waals surface area contributed by atoms with Crippen LogP contribution in [0, 0.1) is 0 Å². The Morgan fingerprint density at radius 2 is 1.43 bits per heavy atom. The largest absolute Gasteiger partial charge is 0.459 e. The van der Waals surface area contributed by atoms with Gasteiger partial charge >= 0.3 is 17.6 Å². The predicted molar refractivity (Wildman–Crippen MR) is 149 cm³/mol. The number of rotatable bonds is 8. The van der Waals surface area contributed by atoms with Gasteiger partial charge < -0.3 is 19.5 Å². The van der Waals surface area contributed by atoms with Crippen molar-refractivity contribution in [2.75, 3.05) is 11.9 Å². The second kappa shape index (κ2) is 12.1. The van der Waals surface area contributed by atoms with Gasteiger partial charge in [0.15, 0.2) is 18.0 Å². The SMILES string of the molecule is C[C@@]1(F)[C@@H](n2ccc(NC(=O)c3ccccc3)nc2=O)O[C@H](COC(=O)c2ccccc2)[C@@H]1OC(=O)c1ccccc1. The Morgan fingerprint density at radius 1 is 0.881 bits per heavy atom. The molecular formula is C31H26FN3O7. The summed E-state index contributed by atoms with van der Waals surface area (Å²) in [7, 11) is 0. The molecule has 0 bridgehead atoms. The molecular weight excluding hydrogens is 545 g/mol. The van der Waals surface area contributed by atoms with E-state index >= 15 is 4.39 Å². The molecule has 0 saturated carbocycles. The van der Waals surface area contributed by atoms with Gasteiger partial charge in [-0.05, 0) is 49.4 Å². The molecule has 1 aromatic heterocycles. The molecule has 5 rings (SSSR count). The van der Waals surface area contributed by atoms with Crippen molar-refractivity contribution in [1.82, 2.24) is 9.55 Å². The van der Waals surface area contributed by atoms with Crippen molar-refractivity contribution < 1.29 is 33.0 Å². The van der Waals surface area contributed by atoms with E-state index in [9.17, 15) is 19.2 Å². The van der Waals surface area contributed by atoms with Crippen molar-refractivity contribution >= 4 is 23.7 Å². The van der Waals surface area contributed by atoms with Crippen molar-refractivity contribution in [2.24, 2.45) is 0 Å². The standard InChI is InChI=1S/C31H26FN3O7/c1-31(32)25(42-28(38)22-15-9-4-10-16-22)23(19-40-27(37)21-13-7-3-8-14-21)41-29(31)35-18-17-24(34-30(35)39)33-26(36)20-11-5-2-6-12-20/h2-18,23,25,29H,19H2,1H3,(H,33,34,36,39)/t23-,25+,29+,31+/m1/s1. The van der Waals surface area contributed by atoms with Crippen molar-refractivity contribution in [3.63, 3.8) is 0 Å². The lowest BCUT2D eigenvalue weighted by molar-refractivity contribution is -0.0648. The van der Waals surface area contributed by atoms with Gasteiger partial charge in [-0.1, -0.05) is 54.6 Å². The maximum absolute atomic E-state index is 16.5. The molecule has 1 fully saturated rings. The zero-order valence-electron chi connectivity index (χ0n) is 22.4. The monoisotopic (exact) mass is 571 g/mol. The van der Waals surface area contributed by atoms with Crippen LogP contribution in [0.2, 0.25) is 0 Å². The van der Waals surface area contributed by atoms with Gasteiger partial charge in [-0.15, -0.1) is 0 Å². The number of ether oxygens (including phenoxy) is 3. The number of benzene rings is 3. The Balaban J connectivity index is 1.39. The minimum Gasteiger partial charge on any atom is -0.459 e. The predicted octanol–water partition coefficient (Wildman–Crippen LogP) is 4.20. The molecule has 1 amide bonds. The third-order valence-corrected chi connectivity index (χ3v) is 6.67. The topological polar surface area (TPSA) is 126 Å². The summed E-state index contributed by atoms with van der Waals surface area (Å²) in [4.78, 5) is 54.8. The number of nitrogens with one attached hydrogen (secondary N) is 1. The van der Waals surface area contributed by atoms with E-state index in [-0.39, 0.29) is 16.9 Å². The fraction of sp³-hybridized carbons (Fsp3) is 0.194. The summed E-state index contributed by atoms with van der Waals surface area (Å²) in [5, 5.41) is 2.52. The minimum absolute atomic E-state index is 0.0518. The Hall–Kier alpha value is -5.16. The van der Waals surface area contributed by atoms with E-state index in [0.717, 1.165) is 11.5 Å². The highest BCUT2D eigenvalue weighted by Crippen LogP contribution is 2.43. The lowest BCUT2D eigenvalue weighted by atomic mass is 9.98. The molecule has 3 aromatic carbocycles. The third-order valence-electron chi connectivity index (χ3n) is 6.67. The molecule has 10 nitrogen and oxygen atoms in total. The third kappa shape index (κ3) is 6.11. The van der Waals surface area contributed by atoms with Crippen LogP contribution in [-0.2, 0) is 14.2 Å². The highest BCUT2D eigenvalue weighted by Gasteiger charge is 2.58. The van der Waals surface area contributed by atoms with Crippen LogP contribution in [0.4, 0.5) is 10.2 Å². The lowest BCUT2D eigenvalue weighted by Gasteiger charge is -2.27. The highest BCUT2D eigenvalue weighted by atomic mass is 19.1. The van der Waals surface area contributed by atoms with E-state index < -0.39 is 54.2 Å². The van der Waals surface area contributed by atoms with E-state index in [1.165, 1.54) is 24.4 Å². The Kier molecular flexibility index (Phi) is 8.21. The minimum atomic E-state index is -2.46. The van der Waals surface area contributed by atoms with E-state index in [1.54, 1.807) is 78.9 Å². The van der Waals surface area contributed by atoms with Crippen LogP contribution in [0.5, 0.6) is 0 Å². The molecule has 4 aromatic rings. The summed E-state index contributed by atoms with van der Waals surface area (Å²) < 4.78 is 34.2. The number of esters is 2. The van der Waals surface area contributed by atoms with Crippen LogP contribution in [-0.4, -0.2) is 51.9 Å². The second-order valence-corrected chi connectivity index (χ2v) is 9.66. The number of alkyl halides is 1. The van der Waals surface area contributed by atoms with Gasteiger partial charge in [-0.2, -0.15) is 4.98 Å². The van der Waals surface area contributed by atoms with E-state index in [4.69, 9.17) is 14.2 Å². The van der Waals surface area contributed by atoms with E-state index in [0.29, 0.717) is 5.56 Å². The fourth-order valence-corrected chi connectivity index (χ4v) is 4.54. The Bertz CT molecular complexity index is 1630. The van der Waals surface area contributed by atoms with Crippen LogP contribution in [0.25, 0.3) is 0 Å². The van der Waals surface area contributed by atoms with Crippen molar-refractivity contribution in [1.29, 1.82) is 0 Å². The Labute approximate surface area is 239 Å². The maximum Gasteiger partial charge on any atom is 0.351 e. The molecule has 0 unspecified atom stereocenters. The summed E-state index contributed by atoms with van der Waals surface area (Å²) in [6, 6.07) is 25.8. The molecule has 0 radical (unpaired) electrons. The lowest BCUT2D eigenvalue weighted by Crippen LogP contribution is -2.45. The first-order chi connectivity index (χ1) is 20.2. The number of carbonyl (C=O) groups excluding carboxylic acids is 3. The smallest absolute Gasteiger partial charge is 0.351 e. The molecule has 2 heterocycles. The van der Waals surface area contributed by atoms with Crippen LogP contribution in [0.15, 0.2) is 108 Å². The van der Waals surface area contributed by atoms with Crippen LogP contribution >= 0.6 is 0 Å². The summed E-state index contributed by atoms with van der Waals surface area (Å²) in [6.45, 7) is 0.654. The fourth-order valence-electron chi connectivity index (χ4n) is 4.54.